The number of fused-ring (bicyclic) bond motifs is 3. The van der Waals surface area contributed by atoms with E-state index in [1.165, 1.54) is 66.0 Å². The van der Waals surface area contributed by atoms with Gasteiger partial charge in [-0.25, -0.2) is 4.98 Å². The molecule has 0 aliphatic heterocycles. The van der Waals surface area contributed by atoms with E-state index >= 15 is 0 Å². The lowest BCUT2D eigenvalue weighted by Gasteiger charge is -2.15. The minimum absolute atomic E-state index is 0.939. The molecule has 0 fully saturated rings. The summed E-state index contributed by atoms with van der Waals surface area (Å²) in [5.41, 5.74) is 9.99. The highest BCUT2D eigenvalue weighted by Gasteiger charge is 2.26. The number of aromatic nitrogens is 2. The van der Waals surface area contributed by atoms with Gasteiger partial charge in [-0.3, -0.25) is 4.57 Å². The minimum Gasteiger partial charge on any atom is -0.294 e. The molecule has 35 heavy (non-hydrogen) atoms. The Labute approximate surface area is 202 Å². The van der Waals surface area contributed by atoms with E-state index in [2.05, 4.69) is 114 Å². The van der Waals surface area contributed by atoms with Crippen molar-refractivity contribution in [2.75, 3.05) is 0 Å². The van der Waals surface area contributed by atoms with Crippen molar-refractivity contribution in [3.05, 3.63) is 121 Å². The van der Waals surface area contributed by atoms with Gasteiger partial charge in [-0.1, -0.05) is 91.0 Å². The molecule has 1 aliphatic carbocycles. The Morgan fingerprint density at radius 2 is 1.14 bits per heavy atom. The van der Waals surface area contributed by atoms with Gasteiger partial charge in [0.15, 0.2) is 0 Å². The average molecular weight is 445 g/mol. The standard InChI is InChI=1S/C33H20N2/c1-2-10-21(11-3-1)27-20-29-33-31-24(14-8-15-26(27)31)22-12-4-5-13-23(22)25-16-9-17-28(32(25)33)35(29)30-18-6-7-19-34-30/h1-20H. The van der Waals surface area contributed by atoms with Crippen LogP contribution in [0.1, 0.15) is 0 Å². The van der Waals surface area contributed by atoms with Crippen LogP contribution < -0.4 is 0 Å². The Hall–Kier alpha value is -4.69. The predicted octanol–water partition coefficient (Wildman–Crippen LogP) is 8.65. The van der Waals surface area contributed by atoms with Crippen molar-refractivity contribution >= 4 is 32.6 Å². The van der Waals surface area contributed by atoms with E-state index in [4.69, 9.17) is 4.98 Å². The molecule has 0 unspecified atom stereocenters. The molecule has 7 aromatic rings. The molecular formula is C33H20N2. The first-order valence-corrected chi connectivity index (χ1v) is 12.0. The second-order valence-corrected chi connectivity index (χ2v) is 9.18. The topological polar surface area (TPSA) is 17.8 Å². The largest absolute Gasteiger partial charge is 0.294 e. The molecule has 2 nitrogen and oxygen atoms in total. The highest BCUT2D eigenvalue weighted by Crippen LogP contribution is 2.51. The van der Waals surface area contributed by atoms with Gasteiger partial charge in [-0.15, -0.1) is 0 Å². The van der Waals surface area contributed by atoms with Crippen LogP contribution in [-0.2, 0) is 0 Å². The van der Waals surface area contributed by atoms with Crippen LogP contribution in [0.15, 0.2) is 121 Å². The molecule has 0 spiro atoms. The van der Waals surface area contributed by atoms with Crippen LogP contribution in [0.5, 0.6) is 0 Å². The molecule has 162 valence electrons. The third-order valence-corrected chi connectivity index (χ3v) is 7.39. The first-order valence-electron chi connectivity index (χ1n) is 12.0. The molecule has 0 N–H and O–H groups in total. The van der Waals surface area contributed by atoms with Crippen LogP contribution in [0.4, 0.5) is 0 Å². The van der Waals surface area contributed by atoms with Crippen molar-refractivity contribution < 1.29 is 0 Å². The smallest absolute Gasteiger partial charge is 0.137 e. The lowest BCUT2D eigenvalue weighted by atomic mass is 9.90. The summed E-state index contributed by atoms with van der Waals surface area (Å²) >= 11 is 0. The van der Waals surface area contributed by atoms with Crippen molar-refractivity contribution in [3.63, 3.8) is 0 Å². The van der Waals surface area contributed by atoms with Crippen LogP contribution >= 0.6 is 0 Å². The lowest BCUT2D eigenvalue weighted by molar-refractivity contribution is 1.08. The van der Waals surface area contributed by atoms with Gasteiger partial charge in [0, 0.05) is 22.4 Å². The SMILES string of the molecule is c1ccc(-c2cc3c4c5c(cccc25)-c2ccccc2-c2cccc(c24)n3-c2ccccn2)cc1. The highest BCUT2D eigenvalue weighted by atomic mass is 15.1. The molecule has 0 amide bonds. The molecule has 0 bridgehead atoms. The predicted molar refractivity (Wildman–Crippen MR) is 146 cm³/mol. The molecule has 0 radical (unpaired) electrons. The maximum atomic E-state index is 4.78. The molecule has 8 rings (SSSR count). The van der Waals surface area contributed by atoms with Gasteiger partial charge in [-0.2, -0.15) is 0 Å². The Morgan fingerprint density at radius 1 is 0.457 bits per heavy atom. The first kappa shape index (κ1) is 18.7. The number of rotatable bonds is 2. The van der Waals surface area contributed by atoms with Crippen molar-refractivity contribution in [3.8, 4) is 39.2 Å². The van der Waals surface area contributed by atoms with Crippen molar-refractivity contribution in [2.24, 2.45) is 0 Å². The van der Waals surface area contributed by atoms with E-state index in [0.717, 1.165) is 5.82 Å². The summed E-state index contributed by atoms with van der Waals surface area (Å²) in [6, 6.07) is 41.5. The summed E-state index contributed by atoms with van der Waals surface area (Å²) in [7, 11) is 0. The maximum absolute atomic E-state index is 4.78. The lowest BCUT2D eigenvalue weighted by Crippen LogP contribution is -1.97. The van der Waals surface area contributed by atoms with Gasteiger partial charge in [0.2, 0.25) is 0 Å². The second kappa shape index (κ2) is 6.91. The summed E-state index contributed by atoms with van der Waals surface area (Å²) in [4.78, 5) is 4.78. The summed E-state index contributed by atoms with van der Waals surface area (Å²) < 4.78 is 2.34. The fourth-order valence-corrected chi connectivity index (χ4v) is 6.00. The molecule has 2 heteroatoms. The monoisotopic (exact) mass is 444 g/mol. The highest BCUT2D eigenvalue weighted by molar-refractivity contribution is 6.32. The number of pyridine rings is 1. The quantitative estimate of drug-likeness (QED) is 0.261. The number of benzene rings is 5. The van der Waals surface area contributed by atoms with Crippen molar-refractivity contribution in [1.29, 1.82) is 0 Å². The molecule has 0 saturated heterocycles. The van der Waals surface area contributed by atoms with Crippen LogP contribution in [0, 0.1) is 0 Å². The molecule has 5 aromatic carbocycles. The van der Waals surface area contributed by atoms with Gasteiger partial charge < -0.3 is 0 Å². The number of hydrogen-bond donors (Lipinski definition) is 0. The molecular weight excluding hydrogens is 424 g/mol. The summed E-state index contributed by atoms with van der Waals surface area (Å²) in [5.74, 6) is 0.939. The molecule has 0 saturated carbocycles. The molecule has 2 heterocycles. The molecule has 2 aromatic heterocycles. The summed E-state index contributed by atoms with van der Waals surface area (Å²) in [6.45, 7) is 0. The van der Waals surface area contributed by atoms with Crippen LogP contribution in [0.25, 0.3) is 71.8 Å². The maximum Gasteiger partial charge on any atom is 0.137 e. The Morgan fingerprint density at radius 3 is 1.91 bits per heavy atom. The first-order chi connectivity index (χ1) is 17.4. The summed E-state index contributed by atoms with van der Waals surface area (Å²) in [5, 5.41) is 5.21. The van der Waals surface area contributed by atoms with Crippen LogP contribution in [-0.4, -0.2) is 9.55 Å². The van der Waals surface area contributed by atoms with E-state index in [9.17, 15) is 0 Å². The fraction of sp³-hybridized carbons (Fsp3) is 0. The normalized spacial score (nSPS) is 12.0. The van der Waals surface area contributed by atoms with Crippen LogP contribution in [0.2, 0.25) is 0 Å². The Bertz CT molecular complexity index is 1910. The third kappa shape index (κ3) is 2.46. The fourth-order valence-electron chi connectivity index (χ4n) is 6.00. The summed E-state index contributed by atoms with van der Waals surface area (Å²) in [6.07, 6.45) is 1.88. The minimum atomic E-state index is 0.939. The third-order valence-electron chi connectivity index (χ3n) is 7.39. The zero-order chi connectivity index (χ0) is 22.9. The Kier molecular flexibility index (Phi) is 3.69. The zero-order valence-electron chi connectivity index (χ0n) is 18.9. The Balaban J connectivity index is 1.71. The van der Waals surface area contributed by atoms with Gasteiger partial charge in [-0.05, 0) is 63.0 Å². The van der Waals surface area contributed by atoms with Gasteiger partial charge in [0.05, 0.1) is 11.0 Å². The van der Waals surface area contributed by atoms with Gasteiger partial charge >= 0.3 is 0 Å². The second-order valence-electron chi connectivity index (χ2n) is 9.18. The number of hydrogen-bond acceptors (Lipinski definition) is 1. The van der Waals surface area contributed by atoms with E-state index in [0.29, 0.717) is 0 Å². The van der Waals surface area contributed by atoms with Crippen molar-refractivity contribution in [2.45, 2.75) is 0 Å². The van der Waals surface area contributed by atoms with E-state index in [1.807, 2.05) is 12.3 Å². The van der Waals surface area contributed by atoms with Crippen LogP contribution in [0.3, 0.4) is 0 Å². The van der Waals surface area contributed by atoms with Gasteiger partial charge in [0.1, 0.15) is 5.82 Å². The average Bonchev–Trinajstić information content (AvgIpc) is 3.21. The van der Waals surface area contributed by atoms with E-state index in [-0.39, 0.29) is 0 Å². The van der Waals surface area contributed by atoms with Crippen molar-refractivity contribution in [1.82, 2.24) is 9.55 Å². The van der Waals surface area contributed by atoms with E-state index in [1.54, 1.807) is 0 Å². The molecule has 1 aliphatic rings. The number of nitrogens with zero attached hydrogens (tertiary/aromatic N) is 2. The van der Waals surface area contributed by atoms with E-state index < -0.39 is 0 Å². The zero-order valence-corrected chi connectivity index (χ0v) is 18.9. The van der Waals surface area contributed by atoms with Gasteiger partial charge in [0.25, 0.3) is 0 Å². The molecule has 0 atom stereocenters.